The van der Waals surface area contributed by atoms with E-state index in [1.54, 1.807) is 0 Å². The van der Waals surface area contributed by atoms with Gasteiger partial charge in [-0.15, -0.1) is 5.10 Å². The number of aromatic nitrogens is 3. The second-order valence-corrected chi connectivity index (χ2v) is 13.1. The van der Waals surface area contributed by atoms with E-state index in [0.717, 1.165) is 81.4 Å². The Morgan fingerprint density at radius 1 is 0.957 bits per heavy atom. The van der Waals surface area contributed by atoms with Gasteiger partial charge in [0.15, 0.2) is 0 Å². The fourth-order valence-corrected chi connectivity index (χ4v) is 7.27. The number of carbonyl (C=O) groups excluding carboxylic acids is 1. The first-order valence-electron chi connectivity index (χ1n) is 16.0. The SMILES string of the molecule is CCOC(=O)c1c(CCCOc2cccc3ccccc23)c2cccc3c2n1CCCN(c1ccc(I)cc1)Cc1[nH+][nH]c(C)c1-3. The highest BCUT2D eigenvalue weighted by Crippen LogP contribution is 2.39. The number of carbonyl (C=O) groups is 1. The average molecular weight is 726 g/mol. The molecule has 1 aliphatic heterocycles. The van der Waals surface area contributed by atoms with Gasteiger partial charge in [-0.3, -0.25) is 0 Å². The first-order valence-corrected chi connectivity index (χ1v) is 17.1. The van der Waals surface area contributed by atoms with Gasteiger partial charge in [0.2, 0.25) is 5.69 Å². The predicted octanol–water partition coefficient (Wildman–Crippen LogP) is 8.12. The maximum absolute atomic E-state index is 13.8. The van der Waals surface area contributed by atoms with Gasteiger partial charge in [-0.25, -0.2) is 4.79 Å². The molecule has 234 valence electrons. The summed E-state index contributed by atoms with van der Waals surface area (Å²) in [7, 11) is 0. The number of hydrogen-bond acceptors (Lipinski definition) is 4. The van der Waals surface area contributed by atoms with E-state index in [9.17, 15) is 4.79 Å². The van der Waals surface area contributed by atoms with Crippen LogP contribution in [0.4, 0.5) is 5.69 Å². The predicted molar refractivity (Wildman–Crippen MR) is 192 cm³/mol. The molecule has 7 nitrogen and oxygen atoms in total. The van der Waals surface area contributed by atoms with Gasteiger partial charge in [-0.05, 0) is 97.0 Å². The van der Waals surface area contributed by atoms with Crippen molar-refractivity contribution < 1.29 is 19.4 Å². The van der Waals surface area contributed by atoms with Crippen LogP contribution in [-0.4, -0.2) is 35.4 Å². The summed E-state index contributed by atoms with van der Waals surface area (Å²) in [4.78, 5) is 16.2. The molecule has 0 saturated heterocycles. The largest absolute Gasteiger partial charge is 0.493 e. The zero-order chi connectivity index (χ0) is 31.6. The molecule has 6 aromatic rings. The van der Waals surface area contributed by atoms with E-state index >= 15 is 0 Å². The molecule has 2 N–H and O–H groups in total. The molecule has 0 fully saturated rings. The van der Waals surface area contributed by atoms with Gasteiger partial charge in [0.1, 0.15) is 18.0 Å². The van der Waals surface area contributed by atoms with Gasteiger partial charge < -0.3 is 18.9 Å². The smallest absolute Gasteiger partial charge is 0.355 e. The number of nitrogens with zero attached hydrogens (tertiary/aromatic N) is 2. The Hall–Kier alpha value is -4.31. The van der Waals surface area contributed by atoms with Crippen LogP contribution in [0.1, 0.15) is 47.2 Å². The zero-order valence-corrected chi connectivity index (χ0v) is 28.4. The molecule has 4 aromatic carbocycles. The molecule has 0 bridgehead atoms. The molecule has 2 aromatic heterocycles. The third kappa shape index (κ3) is 5.75. The molecule has 0 spiro atoms. The summed E-state index contributed by atoms with van der Waals surface area (Å²) in [6.45, 7) is 7.16. The second kappa shape index (κ2) is 13.2. The van der Waals surface area contributed by atoms with Crippen molar-refractivity contribution >= 4 is 55.9 Å². The molecule has 0 saturated carbocycles. The van der Waals surface area contributed by atoms with Crippen molar-refractivity contribution in [3.05, 3.63) is 111 Å². The molecular formula is C38H38IN4O3+. The van der Waals surface area contributed by atoms with Crippen LogP contribution in [0.3, 0.4) is 0 Å². The number of aryl methyl sites for hydroxylation is 3. The van der Waals surface area contributed by atoms with E-state index in [0.29, 0.717) is 31.9 Å². The summed E-state index contributed by atoms with van der Waals surface area (Å²) in [5.74, 6) is 0.620. The minimum atomic E-state index is -0.265. The molecule has 0 aliphatic carbocycles. The maximum atomic E-state index is 13.8. The fraction of sp³-hybridized carbons (Fsp3) is 0.263. The molecular weight excluding hydrogens is 687 g/mol. The minimum Gasteiger partial charge on any atom is -0.493 e. The summed E-state index contributed by atoms with van der Waals surface area (Å²) in [5.41, 5.74) is 8.44. The maximum Gasteiger partial charge on any atom is 0.355 e. The van der Waals surface area contributed by atoms with Crippen molar-refractivity contribution in [1.29, 1.82) is 0 Å². The lowest BCUT2D eigenvalue weighted by Crippen LogP contribution is -2.29. The Balaban J connectivity index is 1.28. The van der Waals surface area contributed by atoms with E-state index < -0.39 is 0 Å². The van der Waals surface area contributed by atoms with Crippen LogP contribution < -0.4 is 14.7 Å². The van der Waals surface area contributed by atoms with E-state index in [-0.39, 0.29) is 5.97 Å². The van der Waals surface area contributed by atoms with Crippen LogP contribution in [0.5, 0.6) is 5.75 Å². The number of fused-ring (bicyclic) bond motifs is 3. The van der Waals surface area contributed by atoms with Crippen molar-refractivity contribution in [3.63, 3.8) is 0 Å². The highest BCUT2D eigenvalue weighted by Gasteiger charge is 2.30. The summed E-state index contributed by atoms with van der Waals surface area (Å²) in [5, 5.41) is 10.2. The van der Waals surface area contributed by atoms with Crippen LogP contribution in [0.2, 0.25) is 0 Å². The highest BCUT2D eigenvalue weighted by atomic mass is 127. The van der Waals surface area contributed by atoms with Gasteiger partial charge >= 0.3 is 5.97 Å². The highest BCUT2D eigenvalue weighted by molar-refractivity contribution is 14.1. The minimum absolute atomic E-state index is 0.265. The number of para-hydroxylation sites is 1. The number of esters is 1. The normalized spacial score (nSPS) is 13.2. The lowest BCUT2D eigenvalue weighted by molar-refractivity contribution is -0.459. The Kier molecular flexibility index (Phi) is 8.71. The lowest BCUT2D eigenvalue weighted by Gasteiger charge is -2.25. The number of ether oxygens (including phenoxy) is 2. The molecule has 0 unspecified atom stereocenters. The third-order valence-electron chi connectivity index (χ3n) is 8.93. The Bertz CT molecular complexity index is 2020. The monoisotopic (exact) mass is 725 g/mol. The van der Waals surface area contributed by atoms with Gasteiger partial charge in [0, 0.05) is 38.7 Å². The molecule has 8 heteroatoms. The number of nitrogens with one attached hydrogen (secondary N) is 2. The molecule has 0 atom stereocenters. The molecule has 46 heavy (non-hydrogen) atoms. The Labute approximate surface area is 282 Å². The van der Waals surface area contributed by atoms with Crippen LogP contribution in [0.15, 0.2) is 84.9 Å². The van der Waals surface area contributed by atoms with Crippen LogP contribution >= 0.6 is 22.6 Å². The van der Waals surface area contributed by atoms with Crippen molar-refractivity contribution in [2.45, 2.75) is 46.2 Å². The quantitative estimate of drug-likeness (QED) is 0.0978. The third-order valence-corrected chi connectivity index (χ3v) is 9.65. The zero-order valence-electron chi connectivity index (χ0n) is 26.2. The van der Waals surface area contributed by atoms with Crippen molar-refractivity contribution in [1.82, 2.24) is 9.67 Å². The number of hydrogen-bond donors (Lipinski definition) is 1. The number of halogens is 1. The van der Waals surface area contributed by atoms with Crippen LogP contribution in [-0.2, 0) is 24.2 Å². The first-order chi connectivity index (χ1) is 22.5. The Morgan fingerprint density at radius 2 is 1.74 bits per heavy atom. The standard InChI is InChI=1S/C38H37IN4O3/c1-3-45-38(44)37-31(15-8-23-46-34-16-6-11-26-10-4-5-12-29(26)34)30-13-7-14-32-35-25(2)40-41-33(35)24-42(21-9-22-43(37)36(30)32)28-19-17-27(39)18-20-28/h4-7,10-14,16-20H,3,8-9,15,21-24H2,1-2H3,(H,40,41)/p+1. The van der Waals surface area contributed by atoms with Gasteiger partial charge in [0.25, 0.3) is 0 Å². The second-order valence-electron chi connectivity index (χ2n) is 11.8. The number of anilines is 1. The first kappa shape index (κ1) is 30.3. The lowest BCUT2D eigenvalue weighted by atomic mass is 9.98. The summed E-state index contributed by atoms with van der Waals surface area (Å²) in [6, 6.07) is 29.6. The Morgan fingerprint density at radius 3 is 2.59 bits per heavy atom. The van der Waals surface area contributed by atoms with E-state index in [1.807, 2.05) is 31.2 Å². The van der Waals surface area contributed by atoms with Gasteiger partial charge in [-0.2, -0.15) is 5.10 Å². The number of H-pyrrole nitrogens is 2. The van der Waals surface area contributed by atoms with Crippen LogP contribution in [0.25, 0.3) is 32.8 Å². The van der Waals surface area contributed by atoms with E-state index in [2.05, 4.69) is 110 Å². The number of rotatable bonds is 8. The average Bonchev–Trinajstić information content (AvgIpc) is 3.60. The summed E-state index contributed by atoms with van der Waals surface area (Å²) >= 11 is 2.35. The van der Waals surface area contributed by atoms with Crippen molar-refractivity contribution in [3.8, 4) is 16.9 Å². The fourth-order valence-electron chi connectivity index (χ4n) is 6.91. The van der Waals surface area contributed by atoms with E-state index in [4.69, 9.17) is 9.47 Å². The summed E-state index contributed by atoms with van der Waals surface area (Å²) in [6.07, 6.45) is 2.34. The van der Waals surface area contributed by atoms with Crippen molar-refractivity contribution in [2.24, 2.45) is 0 Å². The molecule has 3 heterocycles. The summed E-state index contributed by atoms with van der Waals surface area (Å²) < 4.78 is 15.5. The molecule has 0 amide bonds. The molecule has 7 rings (SSSR count). The molecule has 0 radical (unpaired) electrons. The van der Waals surface area contributed by atoms with Gasteiger partial charge in [0.05, 0.1) is 30.0 Å². The topological polar surface area (TPSA) is 73.6 Å². The molecule has 1 aliphatic rings. The van der Waals surface area contributed by atoms with Gasteiger partial charge in [-0.1, -0.05) is 54.6 Å². The number of benzene rings is 4. The number of aromatic amines is 2. The van der Waals surface area contributed by atoms with Crippen molar-refractivity contribution in [2.75, 3.05) is 24.7 Å². The van der Waals surface area contributed by atoms with Crippen LogP contribution in [0, 0.1) is 10.5 Å². The van der Waals surface area contributed by atoms with E-state index in [1.165, 1.54) is 9.26 Å².